The third kappa shape index (κ3) is 13.0. The highest BCUT2D eigenvalue weighted by atomic mass is 32.1. The van der Waals surface area contributed by atoms with Crippen molar-refractivity contribution in [2.24, 2.45) is 5.73 Å². The monoisotopic (exact) mass is 612 g/mol. The van der Waals surface area contributed by atoms with Crippen LogP contribution in [0.1, 0.15) is 69.4 Å². The lowest BCUT2D eigenvalue weighted by atomic mass is 10.0. The maximum absolute atomic E-state index is 13.4. The van der Waals surface area contributed by atoms with E-state index in [4.69, 9.17) is 27.4 Å². The molecule has 0 fully saturated rings. The van der Waals surface area contributed by atoms with E-state index in [2.05, 4.69) is 16.0 Å². The van der Waals surface area contributed by atoms with Crippen molar-refractivity contribution in [2.75, 3.05) is 6.54 Å². The fourth-order valence-corrected chi connectivity index (χ4v) is 3.88. The van der Waals surface area contributed by atoms with Crippen molar-refractivity contribution < 1.29 is 33.4 Å². The average Bonchev–Trinajstić information content (AvgIpc) is 2.89. The highest BCUT2D eigenvalue weighted by Gasteiger charge is 2.32. The lowest BCUT2D eigenvalue weighted by Gasteiger charge is -2.27. The molecule has 232 valence electrons. The largest absolute Gasteiger partial charge is 0.460 e. The van der Waals surface area contributed by atoms with Crippen LogP contribution < -0.4 is 21.7 Å². The highest BCUT2D eigenvalue weighted by Crippen LogP contribution is 2.13. The molecule has 2 aromatic carbocycles. The molecule has 2 aromatic rings. The summed E-state index contributed by atoms with van der Waals surface area (Å²) in [6.45, 7) is 9.61. The summed E-state index contributed by atoms with van der Waals surface area (Å²) in [4.78, 5) is 64.7. The first-order valence-corrected chi connectivity index (χ1v) is 14.1. The number of amides is 3. The van der Waals surface area contributed by atoms with Crippen LogP contribution in [0.5, 0.6) is 0 Å². The van der Waals surface area contributed by atoms with Crippen molar-refractivity contribution in [3.8, 4) is 0 Å². The third-order valence-electron chi connectivity index (χ3n) is 5.57. The second-order valence-electron chi connectivity index (χ2n) is 11.8. The topological polar surface area (TPSA) is 166 Å². The molecule has 12 heteroatoms. The lowest BCUT2D eigenvalue weighted by Crippen LogP contribution is -2.55. The van der Waals surface area contributed by atoms with Crippen LogP contribution in [-0.4, -0.2) is 64.5 Å². The number of rotatable bonds is 12. The fourth-order valence-electron chi connectivity index (χ4n) is 3.74. The minimum absolute atomic E-state index is 0.109. The van der Waals surface area contributed by atoms with E-state index < -0.39 is 65.9 Å². The molecular formula is C31H40N4O7S. The first-order chi connectivity index (χ1) is 19.9. The molecule has 3 amide bonds. The molecule has 0 saturated carbocycles. The lowest BCUT2D eigenvalue weighted by molar-refractivity contribution is -0.159. The standard InChI is InChI=1S/C31H40N4O7S/c1-30(2,3)41-25(37)17-22(34-24(36)18-33-27(38)21-14-12-20(13-15-21)26(32)43)28(39)35-23(29(40)42-31(4,5)6)16-19-10-8-7-9-11-19/h7-15,22-23H,16-18H2,1-6H3,(H2,32,43)(H,33,38)(H,34,36)(H,35,39)/t22-,23-/m0/s1. The van der Waals surface area contributed by atoms with E-state index in [1.165, 1.54) is 12.1 Å². The summed E-state index contributed by atoms with van der Waals surface area (Å²) in [5.41, 5.74) is 5.51. The van der Waals surface area contributed by atoms with Crippen LogP contribution in [0, 0.1) is 0 Å². The van der Waals surface area contributed by atoms with E-state index in [9.17, 15) is 24.0 Å². The van der Waals surface area contributed by atoms with E-state index in [1.54, 1.807) is 77.9 Å². The summed E-state index contributed by atoms with van der Waals surface area (Å²) >= 11 is 4.91. The first kappa shape index (κ1) is 34.9. The number of benzene rings is 2. The quantitative estimate of drug-likeness (QED) is 0.208. The van der Waals surface area contributed by atoms with Gasteiger partial charge in [0.25, 0.3) is 5.91 Å². The molecule has 43 heavy (non-hydrogen) atoms. The molecule has 0 radical (unpaired) electrons. The van der Waals surface area contributed by atoms with Gasteiger partial charge in [-0.15, -0.1) is 0 Å². The number of thiocarbonyl (C=S) groups is 1. The second-order valence-corrected chi connectivity index (χ2v) is 12.3. The minimum Gasteiger partial charge on any atom is -0.460 e. The van der Waals surface area contributed by atoms with Gasteiger partial charge in [-0.25, -0.2) is 4.79 Å². The molecule has 0 aliphatic heterocycles. The number of carbonyl (C=O) groups is 5. The SMILES string of the molecule is CC(C)(C)OC(=O)C[C@H](NC(=O)CNC(=O)c1ccc(C(N)=S)cc1)C(=O)N[C@@H](Cc1ccccc1)C(=O)OC(C)(C)C. The van der Waals surface area contributed by atoms with Gasteiger partial charge < -0.3 is 31.2 Å². The summed E-state index contributed by atoms with van der Waals surface area (Å²) in [5, 5.41) is 7.55. The number of nitrogens with two attached hydrogens (primary N) is 1. The zero-order chi connectivity index (χ0) is 32.4. The Hall–Kier alpha value is -4.32. The maximum Gasteiger partial charge on any atom is 0.329 e. The molecule has 2 rings (SSSR count). The van der Waals surface area contributed by atoms with E-state index in [-0.39, 0.29) is 17.0 Å². The Morgan fingerprint density at radius 3 is 1.88 bits per heavy atom. The molecule has 2 atom stereocenters. The summed E-state index contributed by atoms with van der Waals surface area (Å²) in [6.07, 6.45) is -0.409. The molecule has 5 N–H and O–H groups in total. The summed E-state index contributed by atoms with van der Waals surface area (Å²) in [6, 6.07) is 12.6. The van der Waals surface area contributed by atoms with Gasteiger partial charge >= 0.3 is 11.9 Å². The Bertz CT molecular complexity index is 1320. The van der Waals surface area contributed by atoms with Gasteiger partial charge in [0.1, 0.15) is 28.3 Å². The number of hydrogen-bond donors (Lipinski definition) is 4. The Morgan fingerprint density at radius 2 is 1.35 bits per heavy atom. The predicted molar refractivity (Wildman–Crippen MR) is 165 cm³/mol. The highest BCUT2D eigenvalue weighted by molar-refractivity contribution is 7.80. The molecule has 0 saturated heterocycles. The Labute approximate surface area is 257 Å². The van der Waals surface area contributed by atoms with Crippen LogP contribution in [0.25, 0.3) is 0 Å². The van der Waals surface area contributed by atoms with E-state index in [0.717, 1.165) is 5.56 Å². The molecule has 0 aromatic heterocycles. The maximum atomic E-state index is 13.4. The zero-order valence-corrected chi connectivity index (χ0v) is 26.1. The van der Waals surface area contributed by atoms with Crippen molar-refractivity contribution in [2.45, 2.75) is 77.7 Å². The number of hydrogen-bond acceptors (Lipinski definition) is 8. The van der Waals surface area contributed by atoms with Gasteiger partial charge in [0.05, 0.1) is 13.0 Å². The van der Waals surface area contributed by atoms with Crippen LogP contribution in [0.2, 0.25) is 0 Å². The van der Waals surface area contributed by atoms with Gasteiger partial charge in [-0.3, -0.25) is 19.2 Å². The smallest absolute Gasteiger partial charge is 0.329 e. The fraction of sp³-hybridized carbons (Fsp3) is 0.419. The molecule has 0 spiro atoms. The van der Waals surface area contributed by atoms with Gasteiger partial charge in [0.15, 0.2) is 0 Å². The Kier molecular flexibility index (Phi) is 12.4. The predicted octanol–water partition coefficient (Wildman–Crippen LogP) is 2.34. The second kappa shape index (κ2) is 15.2. The molecular weight excluding hydrogens is 572 g/mol. The van der Waals surface area contributed by atoms with Crippen molar-refractivity contribution in [1.82, 2.24) is 16.0 Å². The van der Waals surface area contributed by atoms with Crippen LogP contribution >= 0.6 is 12.2 Å². The average molecular weight is 613 g/mol. The van der Waals surface area contributed by atoms with Gasteiger partial charge in [0, 0.05) is 17.5 Å². The molecule has 0 aliphatic carbocycles. The van der Waals surface area contributed by atoms with Crippen molar-refractivity contribution >= 4 is 46.9 Å². The molecule has 0 bridgehead atoms. The summed E-state index contributed by atoms with van der Waals surface area (Å²) < 4.78 is 10.9. The van der Waals surface area contributed by atoms with Gasteiger partial charge in [0.2, 0.25) is 11.8 Å². The summed E-state index contributed by atoms with van der Waals surface area (Å²) in [5.74, 6) is -3.52. The van der Waals surface area contributed by atoms with Crippen LogP contribution in [0.3, 0.4) is 0 Å². The Morgan fingerprint density at radius 1 is 0.791 bits per heavy atom. The third-order valence-corrected chi connectivity index (χ3v) is 5.81. The number of esters is 2. The van der Waals surface area contributed by atoms with E-state index in [0.29, 0.717) is 5.56 Å². The van der Waals surface area contributed by atoms with E-state index in [1.807, 2.05) is 6.07 Å². The zero-order valence-electron chi connectivity index (χ0n) is 25.3. The Balaban J connectivity index is 2.19. The van der Waals surface area contributed by atoms with E-state index >= 15 is 0 Å². The van der Waals surface area contributed by atoms with Crippen LogP contribution in [0.15, 0.2) is 54.6 Å². The number of ether oxygens (including phenoxy) is 2. The van der Waals surface area contributed by atoms with Gasteiger partial charge in [-0.2, -0.15) is 0 Å². The van der Waals surface area contributed by atoms with Crippen LogP contribution in [-0.2, 0) is 35.1 Å². The number of carbonyl (C=O) groups excluding carboxylic acids is 5. The minimum atomic E-state index is -1.41. The van der Waals surface area contributed by atoms with Gasteiger partial charge in [-0.05, 0) is 59.2 Å². The number of nitrogens with one attached hydrogen (secondary N) is 3. The normalized spacial score (nSPS) is 12.7. The summed E-state index contributed by atoms with van der Waals surface area (Å²) in [7, 11) is 0. The van der Waals surface area contributed by atoms with Crippen molar-refractivity contribution in [3.05, 3.63) is 71.3 Å². The van der Waals surface area contributed by atoms with Gasteiger partial charge in [-0.1, -0.05) is 54.7 Å². The molecule has 0 heterocycles. The first-order valence-electron chi connectivity index (χ1n) is 13.7. The molecule has 0 aliphatic rings. The van der Waals surface area contributed by atoms with Crippen molar-refractivity contribution in [3.63, 3.8) is 0 Å². The molecule has 11 nitrogen and oxygen atoms in total. The van der Waals surface area contributed by atoms with Crippen molar-refractivity contribution in [1.29, 1.82) is 0 Å². The molecule has 0 unspecified atom stereocenters. The van der Waals surface area contributed by atoms with Crippen LogP contribution in [0.4, 0.5) is 0 Å².